The molecule has 15 heavy (non-hydrogen) atoms. The van der Waals surface area contributed by atoms with E-state index in [9.17, 15) is 8.42 Å². The van der Waals surface area contributed by atoms with Crippen LogP contribution in [0, 0.1) is 0 Å². The average Bonchev–Trinajstić information content (AvgIpc) is 2.26. The lowest BCUT2D eigenvalue weighted by Gasteiger charge is -2.05. The lowest BCUT2D eigenvalue weighted by atomic mass is 10.3. The van der Waals surface area contributed by atoms with E-state index in [1.807, 2.05) is 18.2 Å². The largest absolute Gasteiger partial charge is 0.491 e. The number of ether oxygens (including phenoxy) is 1. The summed E-state index contributed by atoms with van der Waals surface area (Å²) in [6.45, 7) is 0.0671. The summed E-state index contributed by atoms with van der Waals surface area (Å²) >= 11 is 0. The second-order valence-corrected chi connectivity index (χ2v) is 3.94. The van der Waals surface area contributed by atoms with E-state index < -0.39 is 10.4 Å². The highest BCUT2D eigenvalue weighted by atomic mass is 32.3. The van der Waals surface area contributed by atoms with E-state index >= 15 is 0 Å². The molecule has 1 rings (SSSR count). The molecule has 0 N–H and O–H groups in total. The monoisotopic (exact) mass is 232 g/mol. The van der Waals surface area contributed by atoms with Crippen LogP contribution in [0.15, 0.2) is 30.3 Å². The van der Waals surface area contributed by atoms with E-state index in [-0.39, 0.29) is 13.2 Å². The van der Waals surface area contributed by atoms with Gasteiger partial charge in [0.2, 0.25) is 0 Å². The standard InChI is InChI=1S/C9H12O5S/c1-12-15(10,11)14-8-7-13-9-5-3-2-4-6-9/h2-6H,7-8H2,1H3. The van der Waals surface area contributed by atoms with Crippen molar-refractivity contribution in [2.24, 2.45) is 0 Å². The van der Waals surface area contributed by atoms with Crippen molar-refractivity contribution < 1.29 is 21.5 Å². The molecule has 0 aromatic heterocycles. The Hall–Kier alpha value is -1.11. The predicted octanol–water partition coefficient (Wildman–Crippen LogP) is 0.973. The van der Waals surface area contributed by atoms with Crippen molar-refractivity contribution in [2.45, 2.75) is 0 Å². The molecule has 0 heterocycles. The summed E-state index contributed by atoms with van der Waals surface area (Å²) in [7, 11) is -2.82. The summed E-state index contributed by atoms with van der Waals surface area (Å²) in [5, 5.41) is 0. The van der Waals surface area contributed by atoms with Crippen LogP contribution in [0.5, 0.6) is 5.75 Å². The van der Waals surface area contributed by atoms with Crippen LogP contribution in [-0.4, -0.2) is 28.7 Å². The summed E-state index contributed by atoms with van der Waals surface area (Å²) in [4.78, 5) is 0. The van der Waals surface area contributed by atoms with Gasteiger partial charge < -0.3 is 4.74 Å². The van der Waals surface area contributed by atoms with E-state index in [0.717, 1.165) is 7.11 Å². The van der Waals surface area contributed by atoms with Gasteiger partial charge >= 0.3 is 10.4 Å². The molecule has 0 radical (unpaired) electrons. The fourth-order valence-corrected chi connectivity index (χ4v) is 1.23. The molecule has 0 spiro atoms. The quantitative estimate of drug-likeness (QED) is 0.684. The third kappa shape index (κ3) is 4.78. The van der Waals surface area contributed by atoms with Gasteiger partial charge in [-0.05, 0) is 12.1 Å². The zero-order chi connectivity index (χ0) is 11.1. The van der Waals surface area contributed by atoms with Crippen LogP contribution in [-0.2, 0) is 18.8 Å². The van der Waals surface area contributed by atoms with Gasteiger partial charge in [-0.25, -0.2) is 4.18 Å². The van der Waals surface area contributed by atoms with Gasteiger partial charge in [-0.1, -0.05) is 18.2 Å². The molecule has 0 aliphatic heterocycles. The number of para-hydroxylation sites is 1. The molecule has 0 fully saturated rings. The highest BCUT2D eigenvalue weighted by Gasteiger charge is 2.07. The molecule has 6 heteroatoms. The Balaban J connectivity index is 2.24. The molecule has 1 aromatic rings. The molecule has 0 atom stereocenters. The fourth-order valence-electron chi connectivity index (χ4n) is 0.860. The molecule has 0 unspecified atom stereocenters. The third-order valence-electron chi connectivity index (χ3n) is 1.53. The van der Waals surface area contributed by atoms with E-state index in [2.05, 4.69) is 8.37 Å². The number of hydrogen-bond acceptors (Lipinski definition) is 5. The van der Waals surface area contributed by atoms with Crippen LogP contribution < -0.4 is 4.74 Å². The van der Waals surface area contributed by atoms with Crippen LogP contribution in [0.25, 0.3) is 0 Å². The van der Waals surface area contributed by atoms with Gasteiger partial charge in [0.1, 0.15) is 19.0 Å². The molecule has 0 aliphatic carbocycles. The smallest absolute Gasteiger partial charge is 0.399 e. The molecular weight excluding hydrogens is 220 g/mol. The molecule has 0 aliphatic rings. The van der Waals surface area contributed by atoms with Crippen LogP contribution in [0.4, 0.5) is 0 Å². The maximum Gasteiger partial charge on any atom is 0.399 e. The number of rotatable bonds is 6. The van der Waals surface area contributed by atoms with Crippen molar-refractivity contribution >= 4 is 10.4 Å². The SMILES string of the molecule is COS(=O)(=O)OCCOc1ccccc1. The van der Waals surface area contributed by atoms with Crippen molar-refractivity contribution in [3.63, 3.8) is 0 Å². The summed E-state index contributed by atoms with van der Waals surface area (Å²) in [6, 6.07) is 9.04. The van der Waals surface area contributed by atoms with Crippen LogP contribution in [0.3, 0.4) is 0 Å². The van der Waals surface area contributed by atoms with Gasteiger partial charge in [0.05, 0.1) is 7.11 Å². The Labute approximate surface area is 88.9 Å². The topological polar surface area (TPSA) is 61.8 Å². The van der Waals surface area contributed by atoms with Gasteiger partial charge in [-0.2, -0.15) is 8.42 Å². The maximum atomic E-state index is 10.7. The van der Waals surface area contributed by atoms with Crippen molar-refractivity contribution in [3.8, 4) is 5.75 Å². The first kappa shape index (κ1) is 12.0. The second kappa shape index (κ2) is 5.69. The Kier molecular flexibility index (Phi) is 4.54. The van der Waals surface area contributed by atoms with Crippen LogP contribution >= 0.6 is 0 Å². The lowest BCUT2D eigenvalue weighted by Crippen LogP contribution is -2.13. The molecule has 0 saturated heterocycles. The minimum Gasteiger partial charge on any atom is -0.491 e. The first-order valence-corrected chi connectivity index (χ1v) is 5.60. The van der Waals surface area contributed by atoms with E-state index in [0.29, 0.717) is 5.75 Å². The fraction of sp³-hybridized carbons (Fsp3) is 0.333. The molecule has 0 amide bonds. The minimum absolute atomic E-state index is 0.0783. The van der Waals surface area contributed by atoms with Gasteiger partial charge in [0.15, 0.2) is 0 Å². The Morgan fingerprint density at radius 2 is 1.80 bits per heavy atom. The normalized spacial score (nSPS) is 11.3. The Morgan fingerprint density at radius 3 is 2.40 bits per heavy atom. The van der Waals surface area contributed by atoms with Crippen molar-refractivity contribution in [1.29, 1.82) is 0 Å². The molecule has 1 aromatic carbocycles. The van der Waals surface area contributed by atoms with Gasteiger partial charge in [-0.15, -0.1) is 0 Å². The van der Waals surface area contributed by atoms with E-state index in [1.54, 1.807) is 12.1 Å². The van der Waals surface area contributed by atoms with Crippen molar-refractivity contribution in [1.82, 2.24) is 0 Å². The molecule has 0 saturated carbocycles. The average molecular weight is 232 g/mol. The van der Waals surface area contributed by atoms with Crippen molar-refractivity contribution in [3.05, 3.63) is 30.3 Å². The molecule has 5 nitrogen and oxygen atoms in total. The van der Waals surface area contributed by atoms with E-state index in [1.165, 1.54) is 0 Å². The van der Waals surface area contributed by atoms with Gasteiger partial charge in [0, 0.05) is 0 Å². The van der Waals surface area contributed by atoms with Crippen LogP contribution in [0.2, 0.25) is 0 Å². The first-order chi connectivity index (χ1) is 7.14. The zero-order valence-corrected chi connectivity index (χ0v) is 9.07. The zero-order valence-electron chi connectivity index (χ0n) is 8.25. The summed E-state index contributed by atoms with van der Waals surface area (Å²) < 4.78 is 35.1. The third-order valence-corrected chi connectivity index (χ3v) is 2.39. The predicted molar refractivity (Wildman–Crippen MR) is 53.8 cm³/mol. The van der Waals surface area contributed by atoms with E-state index in [4.69, 9.17) is 4.74 Å². The summed E-state index contributed by atoms with van der Waals surface area (Å²) in [5.41, 5.74) is 0. The molecular formula is C9H12O5S. The molecule has 0 bridgehead atoms. The Bertz CT molecular complexity index is 373. The molecule has 84 valence electrons. The van der Waals surface area contributed by atoms with Gasteiger partial charge in [-0.3, -0.25) is 4.18 Å². The summed E-state index contributed by atoms with van der Waals surface area (Å²) in [5.74, 6) is 0.663. The number of hydrogen-bond donors (Lipinski definition) is 0. The number of benzene rings is 1. The van der Waals surface area contributed by atoms with Crippen molar-refractivity contribution in [2.75, 3.05) is 20.3 Å². The second-order valence-electron chi connectivity index (χ2n) is 2.56. The van der Waals surface area contributed by atoms with Gasteiger partial charge in [0.25, 0.3) is 0 Å². The first-order valence-electron chi connectivity index (χ1n) is 4.27. The highest BCUT2D eigenvalue weighted by Crippen LogP contribution is 2.07. The maximum absolute atomic E-state index is 10.7. The lowest BCUT2D eigenvalue weighted by molar-refractivity contribution is 0.191. The highest BCUT2D eigenvalue weighted by molar-refractivity contribution is 7.81. The Morgan fingerprint density at radius 1 is 1.13 bits per heavy atom. The summed E-state index contributed by atoms with van der Waals surface area (Å²) in [6.07, 6.45) is 0. The van der Waals surface area contributed by atoms with Crippen LogP contribution in [0.1, 0.15) is 0 Å². The minimum atomic E-state index is -3.85.